The van der Waals surface area contributed by atoms with Crippen molar-refractivity contribution >= 4 is 0 Å². The lowest BCUT2D eigenvalue weighted by atomic mass is 9.93. The maximum Gasteiger partial charge on any atom is 0.178 e. The summed E-state index contributed by atoms with van der Waals surface area (Å²) in [5.41, 5.74) is 4.82. The van der Waals surface area contributed by atoms with Crippen molar-refractivity contribution in [2.75, 3.05) is 0 Å². The predicted octanol–water partition coefficient (Wildman–Crippen LogP) is 2.99. The van der Waals surface area contributed by atoms with Gasteiger partial charge in [-0.15, -0.1) is 0 Å². The first kappa shape index (κ1) is 16.4. The van der Waals surface area contributed by atoms with Gasteiger partial charge >= 0.3 is 0 Å². The summed E-state index contributed by atoms with van der Waals surface area (Å²) in [7, 11) is 0. The largest absolute Gasteiger partial charge is 0.364 e. The van der Waals surface area contributed by atoms with Crippen molar-refractivity contribution in [3.8, 4) is 22.3 Å². The van der Waals surface area contributed by atoms with Gasteiger partial charge in [0.25, 0.3) is 0 Å². The highest BCUT2D eigenvalue weighted by Gasteiger charge is 2.09. The van der Waals surface area contributed by atoms with E-state index in [2.05, 4.69) is 0 Å². The van der Waals surface area contributed by atoms with Gasteiger partial charge in [-0.1, -0.05) is 72.8 Å². The summed E-state index contributed by atoms with van der Waals surface area (Å²) in [5, 5.41) is 36.8. The number of benzene rings is 3. The van der Waals surface area contributed by atoms with Gasteiger partial charge in [0, 0.05) is 11.1 Å². The summed E-state index contributed by atoms with van der Waals surface area (Å²) in [6, 6.07) is 22.0. The zero-order chi connectivity index (χ0) is 17.1. The molecule has 122 valence electrons. The molecule has 3 rings (SSSR count). The number of rotatable bonds is 4. The summed E-state index contributed by atoms with van der Waals surface area (Å²) >= 11 is 0. The molecule has 3 aromatic carbocycles. The summed E-state index contributed by atoms with van der Waals surface area (Å²) < 4.78 is 0. The van der Waals surface area contributed by atoms with E-state index < -0.39 is 12.6 Å². The van der Waals surface area contributed by atoms with Crippen LogP contribution in [0.2, 0.25) is 0 Å². The molecule has 4 N–H and O–H groups in total. The van der Waals surface area contributed by atoms with Crippen LogP contribution in [0.1, 0.15) is 23.7 Å². The minimum atomic E-state index is -1.48. The smallest absolute Gasteiger partial charge is 0.178 e. The molecular formula is C20H18O4. The van der Waals surface area contributed by atoms with Crippen LogP contribution in [-0.2, 0) is 0 Å². The van der Waals surface area contributed by atoms with Gasteiger partial charge < -0.3 is 20.4 Å². The fourth-order valence-corrected chi connectivity index (χ4v) is 2.66. The van der Waals surface area contributed by atoms with E-state index in [9.17, 15) is 20.4 Å². The lowest BCUT2D eigenvalue weighted by Gasteiger charge is -2.12. The highest BCUT2D eigenvalue weighted by Crippen LogP contribution is 2.33. The Morgan fingerprint density at radius 1 is 0.458 bits per heavy atom. The molecule has 0 bridgehead atoms. The number of hydrogen-bond donors (Lipinski definition) is 4. The van der Waals surface area contributed by atoms with Crippen LogP contribution in [0.15, 0.2) is 72.8 Å². The zero-order valence-electron chi connectivity index (χ0n) is 12.9. The predicted molar refractivity (Wildman–Crippen MR) is 91.7 cm³/mol. The summed E-state index contributed by atoms with van der Waals surface area (Å²) in [6.45, 7) is 0. The number of aliphatic hydroxyl groups excluding tert-OH is 2. The molecule has 0 aliphatic rings. The average Bonchev–Trinajstić information content (AvgIpc) is 2.62. The van der Waals surface area contributed by atoms with Crippen molar-refractivity contribution in [3.05, 3.63) is 83.9 Å². The second kappa shape index (κ2) is 6.95. The Morgan fingerprint density at radius 2 is 0.792 bits per heavy atom. The highest BCUT2D eigenvalue weighted by atomic mass is 16.5. The standard InChI is InChI=1S/C20H18O4/c21-19(22)15-9-5-13(6-10-15)17-3-1-2-4-18(17)14-7-11-16(12-8-14)20(23)24/h1-12,19-24H. The Hall–Kier alpha value is -2.50. The lowest BCUT2D eigenvalue weighted by Crippen LogP contribution is -1.95. The van der Waals surface area contributed by atoms with Crippen LogP contribution in [0.4, 0.5) is 0 Å². The first-order valence-electron chi connectivity index (χ1n) is 7.58. The van der Waals surface area contributed by atoms with Crippen molar-refractivity contribution in [2.24, 2.45) is 0 Å². The normalized spacial score (nSPS) is 11.2. The SMILES string of the molecule is OC(O)c1ccc(-c2ccccc2-c2ccc(C(O)O)cc2)cc1. The van der Waals surface area contributed by atoms with Crippen molar-refractivity contribution in [1.82, 2.24) is 0 Å². The topological polar surface area (TPSA) is 80.9 Å². The zero-order valence-corrected chi connectivity index (χ0v) is 12.9. The van der Waals surface area contributed by atoms with E-state index in [-0.39, 0.29) is 0 Å². The van der Waals surface area contributed by atoms with Gasteiger partial charge in [-0.25, -0.2) is 0 Å². The molecule has 0 heterocycles. The van der Waals surface area contributed by atoms with E-state index in [0.29, 0.717) is 11.1 Å². The molecule has 4 heteroatoms. The molecule has 0 aliphatic heterocycles. The third-order valence-corrected chi connectivity index (χ3v) is 3.97. The fraction of sp³-hybridized carbons (Fsp3) is 0.100. The number of hydrogen-bond acceptors (Lipinski definition) is 4. The quantitative estimate of drug-likeness (QED) is 0.557. The van der Waals surface area contributed by atoms with Crippen LogP contribution in [-0.4, -0.2) is 20.4 Å². The van der Waals surface area contributed by atoms with Gasteiger partial charge in [0.1, 0.15) is 0 Å². The molecule has 0 saturated carbocycles. The average molecular weight is 322 g/mol. The van der Waals surface area contributed by atoms with Crippen LogP contribution in [0.3, 0.4) is 0 Å². The molecular weight excluding hydrogens is 304 g/mol. The van der Waals surface area contributed by atoms with Crippen LogP contribution in [0.25, 0.3) is 22.3 Å². The molecule has 0 aromatic heterocycles. The highest BCUT2D eigenvalue weighted by molar-refractivity contribution is 5.83. The molecule has 0 spiro atoms. The number of aliphatic hydroxyl groups is 4. The Balaban J connectivity index is 2.01. The van der Waals surface area contributed by atoms with E-state index in [1.807, 2.05) is 48.5 Å². The Bertz CT molecular complexity index is 735. The van der Waals surface area contributed by atoms with Crippen LogP contribution in [0.5, 0.6) is 0 Å². The maximum absolute atomic E-state index is 9.20. The molecule has 0 unspecified atom stereocenters. The van der Waals surface area contributed by atoms with E-state index in [4.69, 9.17) is 0 Å². The second-order valence-corrected chi connectivity index (χ2v) is 5.54. The molecule has 24 heavy (non-hydrogen) atoms. The van der Waals surface area contributed by atoms with Crippen molar-refractivity contribution < 1.29 is 20.4 Å². The maximum atomic E-state index is 9.20. The molecule has 0 saturated heterocycles. The lowest BCUT2D eigenvalue weighted by molar-refractivity contribution is -0.0430. The molecule has 0 radical (unpaired) electrons. The van der Waals surface area contributed by atoms with Crippen molar-refractivity contribution in [2.45, 2.75) is 12.6 Å². The van der Waals surface area contributed by atoms with Gasteiger partial charge in [-0.3, -0.25) is 0 Å². The molecule has 3 aromatic rings. The van der Waals surface area contributed by atoms with Gasteiger partial charge in [-0.05, 0) is 22.3 Å². The molecule has 0 amide bonds. The van der Waals surface area contributed by atoms with Gasteiger partial charge in [0.15, 0.2) is 12.6 Å². The van der Waals surface area contributed by atoms with E-state index in [1.54, 1.807) is 24.3 Å². The molecule has 0 aliphatic carbocycles. The molecule has 4 nitrogen and oxygen atoms in total. The first-order valence-corrected chi connectivity index (χ1v) is 7.58. The van der Waals surface area contributed by atoms with Crippen LogP contribution < -0.4 is 0 Å². The van der Waals surface area contributed by atoms with Gasteiger partial charge in [0.05, 0.1) is 0 Å². The Morgan fingerprint density at radius 3 is 1.08 bits per heavy atom. The second-order valence-electron chi connectivity index (χ2n) is 5.54. The van der Waals surface area contributed by atoms with Crippen molar-refractivity contribution in [1.29, 1.82) is 0 Å². The Labute approximate surface area is 139 Å². The molecule has 0 fully saturated rings. The summed E-state index contributed by atoms with van der Waals surface area (Å²) in [4.78, 5) is 0. The minimum Gasteiger partial charge on any atom is -0.364 e. The Kier molecular flexibility index (Phi) is 4.74. The van der Waals surface area contributed by atoms with Gasteiger partial charge in [-0.2, -0.15) is 0 Å². The summed E-state index contributed by atoms with van der Waals surface area (Å²) in [6.07, 6.45) is -2.96. The summed E-state index contributed by atoms with van der Waals surface area (Å²) in [5.74, 6) is 0. The van der Waals surface area contributed by atoms with Gasteiger partial charge in [0.2, 0.25) is 0 Å². The third kappa shape index (κ3) is 3.37. The van der Waals surface area contributed by atoms with E-state index >= 15 is 0 Å². The van der Waals surface area contributed by atoms with E-state index in [1.165, 1.54) is 0 Å². The minimum absolute atomic E-state index is 0.442. The van der Waals surface area contributed by atoms with Crippen molar-refractivity contribution in [3.63, 3.8) is 0 Å². The fourth-order valence-electron chi connectivity index (χ4n) is 2.66. The van der Waals surface area contributed by atoms with E-state index in [0.717, 1.165) is 22.3 Å². The first-order chi connectivity index (χ1) is 11.6. The van der Waals surface area contributed by atoms with Crippen LogP contribution >= 0.6 is 0 Å². The molecule has 0 atom stereocenters. The van der Waals surface area contributed by atoms with Crippen LogP contribution in [0, 0.1) is 0 Å². The third-order valence-electron chi connectivity index (χ3n) is 3.97. The monoisotopic (exact) mass is 322 g/mol.